The van der Waals surface area contributed by atoms with Crippen LogP contribution >= 0.6 is 11.8 Å². The normalized spacial score (nSPS) is 30.0. The number of hydrogen-bond donors (Lipinski definition) is 1. The van der Waals surface area contributed by atoms with E-state index < -0.39 is 51.7 Å². The van der Waals surface area contributed by atoms with Crippen LogP contribution in [-0.4, -0.2) is 66.2 Å². The average molecular weight is 508 g/mol. The van der Waals surface area contributed by atoms with Crippen molar-refractivity contribution in [1.29, 1.82) is 0 Å². The number of carboxylic acid groups (broad SMARTS) is 1. The molecule has 3 aliphatic rings. The van der Waals surface area contributed by atoms with Crippen molar-refractivity contribution in [3.63, 3.8) is 0 Å². The van der Waals surface area contributed by atoms with Crippen LogP contribution in [-0.2, 0) is 24.2 Å². The Morgan fingerprint density at radius 3 is 2.58 bits per heavy atom. The van der Waals surface area contributed by atoms with Gasteiger partial charge in [0.15, 0.2) is 9.84 Å². The maximum atomic E-state index is 13.1. The van der Waals surface area contributed by atoms with Crippen LogP contribution in [0.5, 0.6) is 0 Å². The molecular formula is C21H23FNNaO7S2. The number of β-lactam (4-membered cyclic amide) rings is 1. The molecule has 0 aliphatic carbocycles. The fourth-order valence-corrected chi connectivity index (χ4v) is 7.63. The molecule has 3 aliphatic heterocycles. The Balaban J connectivity index is 0.00000306. The van der Waals surface area contributed by atoms with Crippen molar-refractivity contribution in [3.05, 3.63) is 40.7 Å². The van der Waals surface area contributed by atoms with Crippen molar-refractivity contribution in [2.45, 2.75) is 48.7 Å². The van der Waals surface area contributed by atoms with Gasteiger partial charge in [-0.1, -0.05) is 6.92 Å². The Bertz CT molecular complexity index is 1080. The number of hydrogen-bond acceptors (Lipinski definition) is 8. The summed E-state index contributed by atoms with van der Waals surface area (Å²) < 4.78 is 43.9. The summed E-state index contributed by atoms with van der Waals surface area (Å²) in [4.78, 5) is 25.9. The molecule has 2 saturated heterocycles. The number of aliphatic hydroxyl groups excluding tert-OH is 1. The number of aliphatic carboxylic acids is 1. The van der Waals surface area contributed by atoms with Crippen molar-refractivity contribution in [2.24, 2.45) is 11.8 Å². The number of aliphatic hydroxyl groups is 1. The van der Waals surface area contributed by atoms with Crippen LogP contribution in [0.4, 0.5) is 4.39 Å². The smallest absolute Gasteiger partial charge is 0.543 e. The van der Waals surface area contributed by atoms with Crippen molar-refractivity contribution in [3.8, 4) is 0 Å². The third-order valence-electron chi connectivity index (χ3n) is 6.22. The van der Waals surface area contributed by atoms with Gasteiger partial charge in [-0.05, 0) is 37.6 Å². The number of rotatable bonds is 7. The molecule has 1 amide bonds. The molecule has 0 saturated carbocycles. The first kappa shape index (κ1) is 26.7. The largest absolute Gasteiger partial charge is 1.00 e. The van der Waals surface area contributed by atoms with E-state index in [1.165, 1.54) is 35.7 Å². The molecule has 0 aromatic heterocycles. The van der Waals surface area contributed by atoms with Gasteiger partial charge in [-0.2, -0.15) is 0 Å². The van der Waals surface area contributed by atoms with Gasteiger partial charge < -0.3 is 24.6 Å². The van der Waals surface area contributed by atoms with E-state index in [2.05, 4.69) is 0 Å². The third-order valence-corrected chi connectivity index (χ3v) is 9.50. The van der Waals surface area contributed by atoms with E-state index >= 15 is 0 Å². The number of halogens is 1. The van der Waals surface area contributed by atoms with E-state index in [1.54, 1.807) is 0 Å². The van der Waals surface area contributed by atoms with Gasteiger partial charge in [0.05, 0.1) is 53.1 Å². The predicted octanol–water partition coefficient (Wildman–Crippen LogP) is -2.69. The third kappa shape index (κ3) is 4.91. The zero-order chi connectivity index (χ0) is 23.4. The van der Waals surface area contributed by atoms with Gasteiger partial charge in [0.25, 0.3) is 0 Å². The van der Waals surface area contributed by atoms with Gasteiger partial charge in [-0.3, -0.25) is 4.79 Å². The quantitative estimate of drug-likeness (QED) is 0.241. The number of fused-ring (bicyclic) bond motifs is 1. The van der Waals surface area contributed by atoms with Gasteiger partial charge >= 0.3 is 29.6 Å². The topological polar surface area (TPSA) is 124 Å². The first-order valence-corrected chi connectivity index (χ1v) is 12.8. The molecule has 6 atom stereocenters. The number of thioether (sulfide) groups is 1. The Labute approximate surface area is 217 Å². The summed E-state index contributed by atoms with van der Waals surface area (Å²) in [5.74, 6) is -3.64. The van der Waals surface area contributed by atoms with E-state index in [0.29, 0.717) is 11.3 Å². The predicted molar refractivity (Wildman–Crippen MR) is 111 cm³/mol. The summed E-state index contributed by atoms with van der Waals surface area (Å²) in [6.45, 7) is 3.54. The fraction of sp³-hybridized carbons (Fsp3) is 0.524. The van der Waals surface area contributed by atoms with Gasteiger partial charge in [0, 0.05) is 16.1 Å². The van der Waals surface area contributed by atoms with Crippen LogP contribution in [0, 0.1) is 17.7 Å². The Kier molecular flexibility index (Phi) is 8.05. The van der Waals surface area contributed by atoms with Crippen LogP contribution in [0.2, 0.25) is 0 Å². The number of ether oxygens (including phenoxy) is 1. The summed E-state index contributed by atoms with van der Waals surface area (Å²) in [5.41, 5.74) is -0.170. The molecule has 0 bridgehead atoms. The monoisotopic (exact) mass is 507 g/mol. The first-order chi connectivity index (χ1) is 15.0. The number of carboxylic acids is 1. The van der Waals surface area contributed by atoms with E-state index in [-0.39, 0.29) is 63.7 Å². The molecule has 3 heterocycles. The van der Waals surface area contributed by atoms with E-state index in [0.717, 1.165) is 12.1 Å². The molecule has 2 fully saturated rings. The minimum atomic E-state index is -3.68. The molecule has 1 N–H and O–H groups in total. The second-order valence-electron chi connectivity index (χ2n) is 8.42. The van der Waals surface area contributed by atoms with Gasteiger partial charge in [-0.25, -0.2) is 12.8 Å². The minimum absolute atomic E-state index is 0. The Morgan fingerprint density at radius 2 is 2.00 bits per heavy atom. The first-order valence-electron chi connectivity index (χ1n) is 10.2. The van der Waals surface area contributed by atoms with Crippen molar-refractivity contribution >= 4 is 33.5 Å². The van der Waals surface area contributed by atoms with E-state index in [9.17, 15) is 32.6 Å². The summed E-state index contributed by atoms with van der Waals surface area (Å²) in [7, 11) is -3.68. The number of sulfone groups is 1. The molecule has 33 heavy (non-hydrogen) atoms. The molecule has 0 radical (unpaired) electrons. The summed E-state index contributed by atoms with van der Waals surface area (Å²) in [6.07, 6.45) is -1.11. The molecule has 174 valence electrons. The molecule has 8 nitrogen and oxygen atoms in total. The summed E-state index contributed by atoms with van der Waals surface area (Å²) in [6, 6.07) is 4.16. The standard InChI is InChI=1S/C21H24FNO7S2.Na/c1-10-17-16(11(2)24)20(25)23(17)18(21(26)27)19(10)31-14-7-13(30-8-14)9-32(28,29)15-5-3-12(22)4-6-15;/h3-6,10-11,13-14,16-17,24H,7-9H2,1-2H3,(H,26,27);/q;+1/p-1. The molecule has 6 unspecified atom stereocenters. The van der Waals surface area contributed by atoms with Gasteiger partial charge in [0.1, 0.15) is 5.82 Å². The Morgan fingerprint density at radius 1 is 1.36 bits per heavy atom. The number of benzene rings is 1. The second-order valence-corrected chi connectivity index (χ2v) is 11.8. The van der Waals surface area contributed by atoms with Gasteiger partial charge in [0.2, 0.25) is 5.91 Å². The average Bonchev–Trinajstić information content (AvgIpc) is 3.22. The fourth-order valence-electron chi connectivity index (χ4n) is 4.70. The van der Waals surface area contributed by atoms with Crippen molar-refractivity contribution in [2.75, 3.05) is 12.4 Å². The van der Waals surface area contributed by atoms with Crippen molar-refractivity contribution < 1.29 is 66.9 Å². The van der Waals surface area contributed by atoms with Crippen LogP contribution in [0.1, 0.15) is 20.3 Å². The summed E-state index contributed by atoms with van der Waals surface area (Å²) in [5, 5.41) is 21.5. The van der Waals surface area contributed by atoms with Crippen LogP contribution in [0.15, 0.2) is 39.8 Å². The van der Waals surface area contributed by atoms with Crippen molar-refractivity contribution in [1.82, 2.24) is 4.90 Å². The molecule has 1 aromatic rings. The maximum Gasteiger partial charge on any atom is 1.00 e. The molecule has 12 heteroatoms. The SMILES string of the molecule is CC(O)C1C(=O)N2C(C(=O)[O-])=C(SC3COC(CS(=O)(=O)c4ccc(F)cc4)C3)C(C)C12.[Na+]. The van der Waals surface area contributed by atoms with E-state index in [4.69, 9.17) is 4.74 Å². The van der Waals surface area contributed by atoms with Crippen LogP contribution in [0.3, 0.4) is 0 Å². The van der Waals surface area contributed by atoms with Crippen LogP contribution < -0.4 is 34.7 Å². The summed E-state index contributed by atoms with van der Waals surface area (Å²) >= 11 is 1.26. The van der Waals surface area contributed by atoms with E-state index in [1.807, 2.05) is 6.92 Å². The zero-order valence-corrected chi connectivity index (χ0v) is 22.1. The number of carbonyl (C=O) groups excluding carboxylic acids is 2. The molecular weight excluding hydrogens is 484 g/mol. The minimum Gasteiger partial charge on any atom is -0.543 e. The number of amides is 1. The second kappa shape index (κ2) is 9.96. The van der Waals surface area contributed by atoms with Gasteiger partial charge in [-0.15, -0.1) is 11.8 Å². The molecule has 4 rings (SSSR count). The number of carbonyl (C=O) groups is 2. The molecule has 1 aromatic carbocycles. The van der Waals surface area contributed by atoms with Crippen LogP contribution in [0.25, 0.3) is 0 Å². The molecule has 0 spiro atoms. The zero-order valence-electron chi connectivity index (χ0n) is 18.4. The maximum absolute atomic E-state index is 13.1. The Hall–Kier alpha value is -0.950. The number of nitrogens with zero attached hydrogens (tertiary/aromatic N) is 1.